The van der Waals surface area contributed by atoms with Gasteiger partial charge in [-0.25, -0.2) is 0 Å². The SMILES string of the molecule is CCc1cc(C#N)c(C(C)=N)c(NC(=O)C2CC2)c1. The van der Waals surface area contributed by atoms with E-state index in [9.17, 15) is 10.1 Å². The molecular weight excluding hydrogens is 238 g/mol. The number of hydrogen-bond acceptors (Lipinski definition) is 3. The topological polar surface area (TPSA) is 76.7 Å². The molecule has 4 heteroatoms. The lowest BCUT2D eigenvalue weighted by Crippen LogP contribution is -2.16. The molecule has 1 aliphatic rings. The number of carbonyl (C=O) groups is 1. The third kappa shape index (κ3) is 2.82. The largest absolute Gasteiger partial charge is 0.325 e. The molecule has 0 aliphatic heterocycles. The van der Waals surface area contributed by atoms with Crippen molar-refractivity contribution < 1.29 is 4.79 Å². The van der Waals surface area contributed by atoms with E-state index in [-0.39, 0.29) is 11.8 Å². The Morgan fingerprint density at radius 1 is 1.53 bits per heavy atom. The fraction of sp³-hybridized carbons (Fsp3) is 0.400. The van der Waals surface area contributed by atoms with E-state index in [1.165, 1.54) is 0 Å². The number of amides is 1. The van der Waals surface area contributed by atoms with Gasteiger partial charge in [0.1, 0.15) is 0 Å². The predicted molar refractivity (Wildman–Crippen MR) is 74.4 cm³/mol. The van der Waals surface area contributed by atoms with E-state index in [0.717, 1.165) is 24.8 Å². The van der Waals surface area contributed by atoms with E-state index in [2.05, 4.69) is 11.4 Å². The number of carbonyl (C=O) groups excluding carboxylic acids is 1. The van der Waals surface area contributed by atoms with Gasteiger partial charge in [-0.2, -0.15) is 5.26 Å². The van der Waals surface area contributed by atoms with Crippen LogP contribution in [0.25, 0.3) is 0 Å². The van der Waals surface area contributed by atoms with Crippen molar-refractivity contribution in [3.05, 3.63) is 28.8 Å². The molecule has 2 N–H and O–H groups in total. The molecule has 0 aromatic heterocycles. The molecule has 2 rings (SSSR count). The van der Waals surface area contributed by atoms with Gasteiger partial charge in [-0.15, -0.1) is 0 Å². The third-order valence-corrected chi connectivity index (χ3v) is 3.31. The van der Waals surface area contributed by atoms with Crippen LogP contribution in [-0.4, -0.2) is 11.6 Å². The standard InChI is InChI=1S/C15H17N3O/c1-3-10-6-12(8-16)14(9(2)17)13(7-10)18-15(19)11-4-5-11/h6-7,11,17H,3-5H2,1-2H3,(H,18,19). The van der Waals surface area contributed by atoms with Crippen LogP contribution in [0.4, 0.5) is 5.69 Å². The van der Waals surface area contributed by atoms with Crippen molar-refractivity contribution in [1.82, 2.24) is 0 Å². The lowest BCUT2D eigenvalue weighted by atomic mass is 9.98. The molecule has 19 heavy (non-hydrogen) atoms. The minimum Gasteiger partial charge on any atom is -0.325 e. The van der Waals surface area contributed by atoms with Crippen LogP contribution in [0.5, 0.6) is 0 Å². The van der Waals surface area contributed by atoms with E-state index >= 15 is 0 Å². The average molecular weight is 255 g/mol. The molecular formula is C15H17N3O. The van der Waals surface area contributed by atoms with Gasteiger partial charge in [0.2, 0.25) is 5.91 Å². The minimum atomic E-state index is -0.000331. The van der Waals surface area contributed by atoms with Crippen molar-refractivity contribution in [2.45, 2.75) is 33.1 Å². The number of aryl methyl sites for hydroxylation is 1. The highest BCUT2D eigenvalue weighted by Crippen LogP contribution is 2.31. The van der Waals surface area contributed by atoms with Crippen molar-refractivity contribution >= 4 is 17.3 Å². The number of nitriles is 1. The van der Waals surface area contributed by atoms with Crippen LogP contribution in [0.2, 0.25) is 0 Å². The van der Waals surface area contributed by atoms with E-state index in [1.807, 2.05) is 13.0 Å². The van der Waals surface area contributed by atoms with Gasteiger partial charge >= 0.3 is 0 Å². The van der Waals surface area contributed by atoms with Crippen molar-refractivity contribution in [2.75, 3.05) is 5.32 Å². The monoisotopic (exact) mass is 255 g/mol. The molecule has 0 spiro atoms. The molecule has 0 bridgehead atoms. The number of anilines is 1. The fourth-order valence-corrected chi connectivity index (χ4v) is 2.08. The van der Waals surface area contributed by atoms with Gasteiger partial charge < -0.3 is 10.7 Å². The Bertz CT molecular complexity index is 580. The number of benzene rings is 1. The molecule has 1 amide bonds. The van der Waals surface area contributed by atoms with Crippen molar-refractivity contribution in [3.63, 3.8) is 0 Å². The molecule has 0 heterocycles. The van der Waals surface area contributed by atoms with E-state index < -0.39 is 0 Å². The van der Waals surface area contributed by atoms with Crippen LogP contribution < -0.4 is 5.32 Å². The zero-order chi connectivity index (χ0) is 14.0. The molecule has 0 saturated heterocycles. The second-order valence-corrected chi connectivity index (χ2v) is 4.92. The summed E-state index contributed by atoms with van der Waals surface area (Å²) >= 11 is 0. The highest BCUT2D eigenvalue weighted by atomic mass is 16.2. The Morgan fingerprint density at radius 2 is 2.21 bits per heavy atom. The first kappa shape index (κ1) is 13.3. The summed E-state index contributed by atoms with van der Waals surface area (Å²) in [6.07, 6.45) is 2.66. The van der Waals surface area contributed by atoms with Gasteiger partial charge in [-0.3, -0.25) is 4.79 Å². The van der Waals surface area contributed by atoms with E-state index in [0.29, 0.717) is 22.5 Å². The van der Waals surface area contributed by atoms with Crippen LogP contribution in [0.1, 0.15) is 43.4 Å². The van der Waals surface area contributed by atoms with Gasteiger partial charge in [0, 0.05) is 17.2 Å². The summed E-state index contributed by atoms with van der Waals surface area (Å²) in [5.74, 6) is 0.106. The van der Waals surface area contributed by atoms with Crippen LogP contribution in [0.15, 0.2) is 12.1 Å². The smallest absolute Gasteiger partial charge is 0.227 e. The first-order valence-corrected chi connectivity index (χ1v) is 6.50. The van der Waals surface area contributed by atoms with Gasteiger partial charge in [0.15, 0.2) is 0 Å². The highest BCUT2D eigenvalue weighted by molar-refractivity contribution is 6.07. The molecule has 1 aromatic rings. The van der Waals surface area contributed by atoms with Gasteiger partial charge in [-0.05, 0) is 43.9 Å². The fourth-order valence-electron chi connectivity index (χ4n) is 2.08. The maximum absolute atomic E-state index is 11.9. The molecule has 0 radical (unpaired) electrons. The Labute approximate surface area is 112 Å². The van der Waals surface area contributed by atoms with Crippen LogP contribution in [-0.2, 0) is 11.2 Å². The van der Waals surface area contributed by atoms with Gasteiger partial charge in [0.25, 0.3) is 0 Å². The molecule has 4 nitrogen and oxygen atoms in total. The first-order chi connectivity index (χ1) is 9.06. The Hall–Kier alpha value is -2.15. The summed E-state index contributed by atoms with van der Waals surface area (Å²) in [4.78, 5) is 11.9. The minimum absolute atomic E-state index is 0.000331. The number of rotatable bonds is 4. The maximum Gasteiger partial charge on any atom is 0.227 e. The van der Waals surface area contributed by atoms with Crippen molar-refractivity contribution in [2.24, 2.45) is 5.92 Å². The van der Waals surface area contributed by atoms with Crippen LogP contribution >= 0.6 is 0 Å². The molecule has 98 valence electrons. The molecule has 1 aromatic carbocycles. The molecule has 1 aliphatic carbocycles. The number of nitrogens with zero attached hydrogens (tertiary/aromatic N) is 1. The Balaban J connectivity index is 2.45. The van der Waals surface area contributed by atoms with Crippen molar-refractivity contribution in [1.29, 1.82) is 10.7 Å². The van der Waals surface area contributed by atoms with Crippen LogP contribution in [0.3, 0.4) is 0 Å². The zero-order valence-electron chi connectivity index (χ0n) is 11.2. The van der Waals surface area contributed by atoms with E-state index in [4.69, 9.17) is 5.41 Å². The first-order valence-electron chi connectivity index (χ1n) is 6.50. The summed E-state index contributed by atoms with van der Waals surface area (Å²) < 4.78 is 0. The molecule has 0 unspecified atom stereocenters. The summed E-state index contributed by atoms with van der Waals surface area (Å²) in [7, 11) is 0. The molecule has 0 atom stereocenters. The third-order valence-electron chi connectivity index (χ3n) is 3.31. The van der Waals surface area contributed by atoms with Gasteiger partial charge in [-0.1, -0.05) is 6.92 Å². The second kappa shape index (κ2) is 5.23. The average Bonchev–Trinajstić information content (AvgIpc) is 3.21. The lowest BCUT2D eigenvalue weighted by molar-refractivity contribution is -0.117. The highest BCUT2D eigenvalue weighted by Gasteiger charge is 2.30. The maximum atomic E-state index is 11.9. The van der Waals surface area contributed by atoms with Gasteiger partial charge in [0.05, 0.1) is 17.3 Å². The normalized spacial score (nSPS) is 13.7. The summed E-state index contributed by atoms with van der Waals surface area (Å²) in [6.45, 7) is 3.63. The predicted octanol–water partition coefficient (Wildman–Crippen LogP) is 2.86. The second-order valence-electron chi connectivity index (χ2n) is 4.92. The molecule has 1 saturated carbocycles. The zero-order valence-corrected chi connectivity index (χ0v) is 11.2. The Morgan fingerprint density at radius 3 is 2.68 bits per heavy atom. The van der Waals surface area contributed by atoms with Crippen LogP contribution in [0, 0.1) is 22.7 Å². The Kier molecular flexibility index (Phi) is 3.66. The van der Waals surface area contributed by atoms with Crippen molar-refractivity contribution in [3.8, 4) is 6.07 Å². The van der Waals surface area contributed by atoms with E-state index in [1.54, 1.807) is 13.0 Å². The lowest BCUT2D eigenvalue weighted by Gasteiger charge is -2.13. The summed E-state index contributed by atoms with van der Waals surface area (Å²) in [6, 6.07) is 5.78. The quantitative estimate of drug-likeness (QED) is 0.811. The number of hydrogen-bond donors (Lipinski definition) is 2. The summed E-state index contributed by atoms with van der Waals surface area (Å²) in [5, 5.41) is 19.9. The summed E-state index contributed by atoms with van der Waals surface area (Å²) in [5.41, 5.74) is 2.88. The number of nitrogens with one attached hydrogen (secondary N) is 2. The molecule has 1 fully saturated rings.